The number of thiazole rings is 2. The molecule has 2 aromatic carbocycles. The summed E-state index contributed by atoms with van der Waals surface area (Å²) in [6.07, 6.45) is 19.7. The highest BCUT2D eigenvalue weighted by Gasteiger charge is 2.22. The van der Waals surface area contributed by atoms with Gasteiger partial charge in [0.05, 0.1) is 50.2 Å². The number of alkyl halides is 1. The highest BCUT2D eigenvalue weighted by Crippen LogP contribution is 2.37. The van der Waals surface area contributed by atoms with Gasteiger partial charge < -0.3 is 134 Å². The molecule has 0 aliphatic carbocycles. The van der Waals surface area contributed by atoms with Crippen molar-refractivity contribution in [2.24, 2.45) is 14.1 Å². The Morgan fingerprint density at radius 1 is 0.689 bits per heavy atom. The first-order valence-electron chi connectivity index (χ1n) is 18.8. The average molecular weight is 1660 g/mol. The first-order valence-corrected chi connectivity index (χ1v) is 23.6. The number of quaternary nitrogens is 1. The Bertz CT molecular complexity index is 2520. The molecule has 0 saturated carbocycles. The molecule has 8 rings (SSSR count). The largest absolute Gasteiger partial charge is 1.00 e. The van der Waals surface area contributed by atoms with Gasteiger partial charge in [0.25, 0.3) is 0 Å². The molecule has 0 fully saturated rings. The number of nitrogens with zero attached hydrogens (tertiary/aromatic N) is 7. The molecule has 0 atom stereocenters. The van der Waals surface area contributed by atoms with Crippen molar-refractivity contribution >= 4 is 132 Å². The normalized spacial score (nSPS) is 13.9. The van der Waals surface area contributed by atoms with Gasteiger partial charge >= 0.3 is 11.3 Å². The molecule has 328 valence electrons. The van der Waals surface area contributed by atoms with E-state index in [1.54, 1.807) is 22.7 Å². The third kappa shape index (κ3) is 14.7. The maximum absolute atomic E-state index is 4.86. The Balaban J connectivity index is 0.000000391. The number of hydrogen-bond donors (Lipinski definition) is 0. The second kappa shape index (κ2) is 26.6. The van der Waals surface area contributed by atoms with Gasteiger partial charge in [-0.25, -0.2) is 9.13 Å². The molecule has 0 saturated heterocycles. The second-order valence-corrected chi connectivity index (χ2v) is 19.7. The van der Waals surface area contributed by atoms with Crippen LogP contribution in [0.5, 0.6) is 0 Å². The number of benzene rings is 2. The standard InChI is InChI=1S/C24H29BrN4S.C20H18BrIN3S.5HI/c1-5-29(3,4)14-8-12-28-13-11-18(20-9-6-7-10-21(20)28)15-23-26-24-22(30-23)16-19(25)17-27(24)2;1-24-13-15(21)12-18-20(24)23-19(26-18)11-14-7-10-25(9-4-8-22)17-6-3-2-5-16(14)17;;;;;/h6-7,9-11,13,15-17H,5,8,12,14H2,1-4H3;2-3,5-7,10-13H,4,8-9H2,1H3;5*1H/q+2;+1;;;;;/p-5. The fourth-order valence-corrected chi connectivity index (χ4v) is 10.6. The van der Waals surface area contributed by atoms with Crippen LogP contribution < -0.4 is 139 Å². The number of aromatic nitrogens is 4. The van der Waals surface area contributed by atoms with Crippen LogP contribution in [0.15, 0.2) is 107 Å². The topological polar surface area (TPSA) is 40.0 Å². The summed E-state index contributed by atoms with van der Waals surface area (Å²) in [5.74, 6) is 0. The van der Waals surface area contributed by atoms with Gasteiger partial charge in [-0.1, -0.05) is 81.7 Å². The van der Waals surface area contributed by atoms with E-state index in [4.69, 9.17) is 9.97 Å². The van der Waals surface area contributed by atoms with Crippen LogP contribution in [-0.2, 0) is 14.1 Å². The molecule has 0 bridgehead atoms. The molecule has 6 aromatic rings. The van der Waals surface area contributed by atoms with Crippen LogP contribution in [0.2, 0.25) is 0 Å². The van der Waals surface area contributed by atoms with Crippen molar-refractivity contribution in [3.63, 3.8) is 0 Å². The molecule has 17 heteroatoms. The minimum Gasteiger partial charge on any atom is -1.00 e. The number of allylic oxidation sites excluding steroid dienone is 4. The van der Waals surface area contributed by atoms with Gasteiger partial charge in [-0.15, -0.1) is 0 Å². The van der Waals surface area contributed by atoms with E-state index in [2.05, 4.69) is 192 Å². The summed E-state index contributed by atoms with van der Waals surface area (Å²) < 4.78 is 10.9. The number of aryl methyl sites for hydroxylation is 2. The zero-order chi connectivity index (χ0) is 39.4. The Hall–Kier alpha value is 0.380. The first-order chi connectivity index (χ1) is 27.0. The van der Waals surface area contributed by atoms with E-state index in [9.17, 15) is 0 Å². The summed E-state index contributed by atoms with van der Waals surface area (Å²) in [7, 11) is 8.68. The number of halogens is 8. The number of anilines is 2. The van der Waals surface area contributed by atoms with Crippen LogP contribution in [0.4, 0.5) is 11.4 Å². The van der Waals surface area contributed by atoms with E-state index in [-0.39, 0.29) is 120 Å². The monoisotopic (exact) mass is 1660 g/mol. The van der Waals surface area contributed by atoms with Gasteiger partial charge in [-0.05, 0) is 103 Å². The van der Waals surface area contributed by atoms with Crippen molar-refractivity contribution in [1.82, 2.24) is 9.97 Å². The van der Waals surface area contributed by atoms with Crippen LogP contribution in [0, 0.1) is 0 Å². The molecule has 61 heavy (non-hydrogen) atoms. The first kappa shape index (κ1) is 57.5. The van der Waals surface area contributed by atoms with Gasteiger partial charge in [0.2, 0.25) is 10.0 Å². The zero-order valence-corrected chi connectivity index (χ0v) is 52.1. The molecule has 4 aromatic heterocycles. The second-order valence-electron chi connectivity index (χ2n) is 14.6. The molecule has 0 N–H and O–H groups in total. The fraction of sp³-hybridized carbons (Fsp3) is 0.273. The van der Waals surface area contributed by atoms with Gasteiger partial charge in [-0.2, -0.15) is 0 Å². The van der Waals surface area contributed by atoms with Crippen molar-refractivity contribution in [1.29, 1.82) is 0 Å². The SMILES string of the molecule is CC[N+](C)(C)CCCN1C=C/C(=C\c2nc3c(cc(Br)c[n+]3C)s2)c2ccccc21.C[n+]1cc(Br)cc2sc(/C=C3\C=CN(CCCI)c4ccccc43)nc21.[I-].[I-].[I-].[I-].[I-]. The van der Waals surface area contributed by atoms with Crippen molar-refractivity contribution in [3.8, 4) is 0 Å². The third-order valence-electron chi connectivity index (χ3n) is 10.2. The molecule has 2 aliphatic heterocycles. The summed E-state index contributed by atoms with van der Waals surface area (Å²) in [4.78, 5) is 14.4. The van der Waals surface area contributed by atoms with Gasteiger partial charge in [0, 0.05) is 71.0 Å². The maximum atomic E-state index is 4.86. The number of pyridine rings is 2. The molecule has 0 amide bonds. The minimum atomic E-state index is 0. The van der Waals surface area contributed by atoms with Crippen LogP contribution in [0.25, 0.3) is 44.0 Å². The summed E-state index contributed by atoms with van der Waals surface area (Å²) in [6.45, 7) is 6.69. The lowest BCUT2D eigenvalue weighted by atomic mass is 9.99. The molecule has 6 heterocycles. The Kier molecular flexibility index (Phi) is 25.1. The molecular weight excluding hydrogens is 1610 g/mol. The maximum Gasteiger partial charge on any atom is 0.342 e. The van der Waals surface area contributed by atoms with Gasteiger partial charge in [-0.3, -0.25) is 0 Å². The molecule has 0 unspecified atom stereocenters. The number of para-hydroxylation sites is 2. The van der Waals surface area contributed by atoms with E-state index in [0.29, 0.717) is 0 Å². The molecular formula is C44H47Br2I6N7S2-2. The van der Waals surface area contributed by atoms with Gasteiger partial charge in [0.1, 0.15) is 21.8 Å². The smallest absolute Gasteiger partial charge is 0.342 e. The van der Waals surface area contributed by atoms with Crippen molar-refractivity contribution in [2.75, 3.05) is 54.5 Å². The highest BCUT2D eigenvalue weighted by atomic mass is 127. The predicted molar refractivity (Wildman–Crippen MR) is 254 cm³/mol. The van der Waals surface area contributed by atoms with Gasteiger partial charge in [0.15, 0.2) is 0 Å². The molecule has 2 aliphatic rings. The average Bonchev–Trinajstić information content (AvgIpc) is 3.79. The van der Waals surface area contributed by atoms with E-state index < -0.39 is 0 Å². The Morgan fingerprint density at radius 2 is 1.11 bits per heavy atom. The lowest BCUT2D eigenvalue weighted by Gasteiger charge is -2.31. The van der Waals surface area contributed by atoms with E-state index in [0.717, 1.165) is 54.4 Å². The number of fused-ring (bicyclic) bond motifs is 4. The van der Waals surface area contributed by atoms with E-state index in [1.165, 1.54) is 66.9 Å². The molecule has 0 spiro atoms. The van der Waals surface area contributed by atoms with Crippen LogP contribution in [0.3, 0.4) is 0 Å². The van der Waals surface area contributed by atoms with E-state index in [1.807, 2.05) is 26.5 Å². The van der Waals surface area contributed by atoms with Crippen molar-refractivity contribution in [3.05, 3.63) is 128 Å². The lowest BCUT2D eigenvalue weighted by Crippen LogP contribution is -3.00. The van der Waals surface area contributed by atoms with Crippen LogP contribution >= 0.6 is 77.1 Å². The Morgan fingerprint density at radius 3 is 1.54 bits per heavy atom. The Labute approximate surface area is 484 Å². The third-order valence-corrected chi connectivity index (χ3v) is 13.7. The predicted octanol–water partition coefficient (Wildman–Crippen LogP) is -4.15. The summed E-state index contributed by atoms with van der Waals surface area (Å²) in [6, 6.07) is 21.6. The summed E-state index contributed by atoms with van der Waals surface area (Å²) >= 11 is 13.0. The minimum absolute atomic E-state index is 0. The number of hydrogen-bond acceptors (Lipinski definition) is 6. The van der Waals surface area contributed by atoms with Crippen molar-refractivity contribution < 1.29 is 134 Å². The summed E-state index contributed by atoms with van der Waals surface area (Å²) in [5, 5.41) is 2.06. The van der Waals surface area contributed by atoms with Crippen LogP contribution in [0.1, 0.15) is 40.9 Å². The molecule has 7 nitrogen and oxygen atoms in total. The zero-order valence-electron chi connectivity index (χ0n) is 34.3. The highest BCUT2D eigenvalue weighted by molar-refractivity contribution is 14.1. The van der Waals surface area contributed by atoms with Crippen molar-refractivity contribution in [2.45, 2.75) is 19.8 Å². The quantitative estimate of drug-likeness (QED) is 0.0606. The lowest BCUT2D eigenvalue weighted by molar-refractivity contribution is -0.888. The van der Waals surface area contributed by atoms with E-state index >= 15 is 0 Å². The summed E-state index contributed by atoms with van der Waals surface area (Å²) in [5.41, 5.74) is 9.56. The van der Waals surface area contributed by atoms with Crippen LogP contribution in [-0.4, -0.2) is 59.2 Å². The number of rotatable bonds is 10. The fourth-order valence-electron chi connectivity index (χ4n) is 6.90. The molecule has 0 radical (unpaired) electrons.